The zero-order chi connectivity index (χ0) is 9.26. The minimum atomic E-state index is -0.291. The van der Waals surface area contributed by atoms with Gasteiger partial charge < -0.3 is 15.0 Å². The highest BCUT2D eigenvalue weighted by atomic mass is 16.3. The maximum atomic E-state index is 10.9. The third-order valence-electron chi connectivity index (χ3n) is 2.15. The van der Waals surface area contributed by atoms with Crippen molar-refractivity contribution in [1.82, 2.24) is 9.97 Å². The molecule has 5 heteroatoms. The fourth-order valence-electron chi connectivity index (χ4n) is 1.48. The van der Waals surface area contributed by atoms with Crippen molar-refractivity contribution in [2.75, 3.05) is 18.0 Å². The monoisotopic (exact) mass is 181 g/mol. The largest absolute Gasteiger partial charge is 0.391 e. The van der Waals surface area contributed by atoms with Gasteiger partial charge in [-0.15, -0.1) is 0 Å². The molecular weight excluding hydrogens is 170 g/mol. The summed E-state index contributed by atoms with van der Waals surface area (Å²) >= 11 is 0. The van der Waals surface area contributed by atoms with Crippen LogP contribution >= 0.6 is 0 Å². The second-order valence-electron chi connectivity index (χ2n) is 3.16. The van der Waals surface area contributed by atoms with Crippen LogP contribution in [0.2, 0.25) is 0 Å². The van der Waals surface area contributed by atoms with E-state index in [-0.39, 0.29) is 11.7 Å². The molecule has 0 bridgehead atoms. The molecule has 1 fully saturated rings. The number of anilines is 1. The molecule has 5 nitrogen and oxygen atoms in total. The van der Waals surface area contributed by atoms with Crippen molar-refractivity contribution in [3.63, 3.8) is 0 Å². The van der Waals surface area contributed by atoms with Crippen molar-refractivity contribution in [3.05, 3.63) is 22.7 Å². The van der Waals surface area contributed by atoms with E-state index in [0.717, 1.165) is 13.0 Å². The predicted octanol–water partition coefficient (Wildman–Crippen LogP) is -0.659. The van der Waals surface area contributed by atoms with Crippen LogP contribution < -0.4 is 10.5 Å². The summed E-state index contributed by atoms with van der Waals surface area (Å²) in [6.07, 6.45) is 1.83. The van der Waals surface area contributed by atoms with E-state index in [1.165, 1.54) is 12.4 Å². The van der Waals surface area contributed by atoms with Crippen LogP contribution in [-0.2, 0) is 0 Å². The first-order chi connectivity index (χ1) is 6.25. The van der Waals surface area contributed by atoms with Gasteiger partial charge in [0.25, 0.3) is 5.56 Å². The van der Waals surface area contributed by atoms with E-state index in [1.54, 1.807) is 0 Å². The summed E-state index contributed by atoms with van der Waals surface area (Å²) in [5.74, 6) is 0.639. The number of hydrogen-bond acceptors (Lipinski definition) is 4. The Bertz CT molecular complexity index is 349. The Labute approximate surface area is 75.0 Å². The molecule has 0 radical (unpaired) electrons. The number of aromatic nitrogens is 2. The van der Waals surface area contributed by atoms with E-state index in [4.69, 9.17) is 0 Å². The predicted molar refractivity (Wildman–Crippen MR) is 47.7 cm³/mol. The lowest BCUT2D eigenvalue weighted by molar-refractivity contribution is 0.198. The van der Waals surface area contributed by atoms with Gasteiger partial charge in [-0.25, -0.2) is 4.98 Å². The highest BCUT2D eigenvalue weighted by Gasteiger charge is 2.21. The van der Waals surface area contributed by atoms with Crippen molar-refractivity contribution >= 4 is 5.82 Å². The molecule has 1 atom stereocenters. The molecule has 70 valence electrons. The van der Waals surface area contributed by atoms with Crippen molar-refractivity contribution in [2.45, 2.75) is 12.5 Å². The van der Waals surface area contributed by atoms with Crippen LogP contribution in [0.1, 0.15) is 6.42 Å². The number of nitrogens with zero attached hydrogens (tertiary/aromatic N) is 2. The molecule has 1 aliphatic rings. The second-order valence-corrected chi connectivity index (χ2v) is 3.16. The molecule has 1 aliphatic heterocycles. The number of hydrogen-bond donors (Lipinski definition) is 2. The molecule has 1 aromatic heterocycles. The van der Waals surface area contributed by atoms with Crippen LogP contribution in [0.5, 0.6) is 0 Å². The van der Waals surface area contributed by atoms with Gasteiger partial charge in [0.05, 0.1) is 12.4 Å². The average molecular weight is 181 g/mol. The standard InChI is InChI=1S/C8H11N3O2/c12-6-1-2-11(4-6)7-3-8(13)10-5-9-7/h3,5-6,12H,1-2,4H2,(H,9,10,13)/t6-/m0/s1. The van der Waals surface area contributed by atoms with Gasteiger partial charge in [-0.3, -0.25) is 4.79 Å². The van der Waals surface area contributed by atoms with E-state index in [9.17, 15) is 9.90 Å². The normalized spacial score (nSPS) is 22.2. The molecule has 0 unspecified atom stereocenters. The lowest BCUT2D eigenvalue weighted by Gasteiger charge is -2.14. The van der Waals surface area contributed by atoms with Gasteiger partial charge in [0, 0.05) is 19.2 Å². The Kier molecular flexibility index (Phi) is 2.02. The van der Waals surface area contributed by atoms with Crippen molar-refractivity contribution < 1.29 is 5.11 Å². The average Bonchev–Trinajstić information content (AvgIpc) is 2.52. The third-order valence-corrected chi connectivity index (χ3v) is 2.15. The minimum Gasteiger partial charge on any atom is -0.391 e. The van der Waals surface area contributed by atoms with Crippen LogP contribution in [0.3, 0.4) is 0 Å². The van der Waals surface area contributed by atoms with Gasteiger partial charge in [0.2, 0.25) is 0 Å². The molecule has 0 aromatic carbocycles. The quantitative estimate of drug-likeness (QED) is 0.603. The number of aliphatic hydroxyl groups is 1. The van der Waals surface area contributed by atoms with Gasteiger partial charge in [0.1, 0.15) is 5.82 Å². The molecule has 0 amide bonds. The van der Waals surface area contributed by atoms with Crippen LogP contribution in [-0.4, -0.2) is 34.3 Å². The zero-order valence-corrected chi connectivity index (χ0v) is 7.10. The van der Waals surface area contributed by atoms with E-state index >= 15 is 0 Å². The summed E-state index contributed by atoms with van der Waals surface area (Å²) in [6.45, 7) is 1.33. The Morgan fingerprint density at radius 1 is 1.69 bits per heavy atom. The number of aromatic amines is 1. The SMILES string of the molecule is O=c1cc(N2CC[C@H](O)C2)nc[nH]1. The van der Waals surface area contributed by atoms with Gasteiger partial charge in [-0.2, -0.15) is 0 Å². The highest BCUT2D eigenvalue weighted by Crippen LogP contribution is 2.15. The molecule has 1 aromatic rings. The van der Waals surface area contributed by atoms with E-state index in [2.05, 4.69) is 9.97 Å². The van der Waals surface area contributed by atoms with Crippen LogP contribution in [0, 0.1) is 0 Å². The lowest BCUT2D eigenvalue weighted by atomic mass is 10.3. The molecular formula is C8H11N3O2. The first kappa shape index (κ1) is 8.25. The first-order valence-corrected chi connectivity index (χ1v) is 4.23. The Balaban J connectivity index is 2.21. The maximum absolute atomic E-state index is 10.9. The fraction of sp³-hybridized carbons (Fsp3) is 0.500. The van der Waals surface area contributed by atoms with Crippen LogP contribution in [0.25, 0.3) is 0 Å². The van der Waals surface area contributed by atoms with Crippen molar-refractivity contribution in [2.24, 2.45) is 0 Å². The van der Waals surface area contributed by atoms with E-state index < -0.39 is 0 Å². The van der Waals surface area contributed by atoms with Crippen molar-refractivity contribution in [1.29, 1.82) is 0 Å². The Morgan fingerprint density at radius 2 is 2.54 bits per heavy atom. The number of β-amino-alcohol motifs (C(OH)–C–C–N with tert-alkyl or cyclic N) is 1. The van der Waals surface area contributed by atoms with E-state index in [0.29, 0.717) is 12.4 Å². The maximum Gasteiger partial charge on any atom is 0.252 e. The highest BCUT2D eigenvalue weighted by molar-refractivity contribution is 5.37. The van der Waals surface area contributed by atoms with Crippen molar-refractivity contribution in [3.8, 4) is 0 Å². The lowest BCUT2D eigenvalue weighted by Crippen LogP contribution is -2.23. The Hall–Kier alpha value is -1.36. The summed E-state index contributed by atoms with van der Waals surface area (Å²) in [7, 11) is 0. The first-order valence-electron chi connectivity index (χ1n) is 4.23. The molecule has 1 saturated heterocycles. The molecule has 0 saturated carbocycles. The zero-order valence-electron chi connectivity index (χ0n) is 7.10. The minimum absolute atomic E-state index is 0.161. The van der Waals surface area contributed by atoms with Crippen LogP contribution in [0.4, 0.5) is 5.82 Å². The molecule has 2 N–H and O–H groups in total. The molecule has 2 rings (SSSR count). The molecule has 2 heterocycles. The van der Waals surface area contributed by atoms with Gasteiger partial charge in [-0.05, 0) is 6.42 Å². The number of nitrogens with one attached hydrogen (secondary N) is 1. The summed E-state index contributed by atoms with van der Waals surface area (Å²) < 4.78 is 0. The summed E-state index contributed by atoms with van der Waals surface area (Å²) in [6, 6.07) is 1.44. The topological polar surface area (TPSA) is 69.2 Å². The molecule has 0 spiro atoms. The molecule has 0 aliphatic carbocycles. The van der Waals surface area contributed by atoms with Gasteiger partial charge in [-0.1, -0.05) is 0 Å². The van der Waals surface area contributed by atoms with Gasteiger partial charge >= 0.3 is 0 Å². The second kappa shape index (κ2) is 3.18. The number of H-pyrrole nitrogens is 1. The number of rotatable bonds is 1. The third kappa shape index (κ3) is 1.70. The fourth-order valence-corrected chi connectivity index (χ4v) is 1.48. The summed E-state index contributed by atoms with van der Waals surface area (Å²) in [5, 5.41) is 9.27. The van der Waals surface area contributed by atoms with Crippen LogP contribution in [0.15, 0.2) is 17.2 Å². The summed E-state index contributed by atoms with van der Waals surface area (Å²) in [5.41, 5.74) is -0.161. The number of aliphatic hydroxyl groups excluding tert-OH is 1. The smallest absolute Gasteiger partial charge is 0.252 e. The molecule has 13 heavy (non-hydrogen) atoms. The Morgan fingerprint density at radius 3 is 3.15 bits per heavy atom. The van der Waals surface area contributed by atoms with E-state index in [1.807, 2.05) is 4.90 Å². The summed E-state index contributed by atoms with van der Waals surface area (Å²) in [4.78, 5) is 19.3. The van der Waals surface area contributed by atoms with Gasteiger partial charge in [0.15, 0.2) is 0 Å².